The lowest BCUT2D eigenvalue weighted by Crippen LogP contribution is -2.25. The van der Waals surface area contributed by atoms with Crippen LogP contribution in [-0.2, 0) is 4.79 Å². The average molecular weight is 318 g/mol. The number of carbonyl (C=O) groups excluding carboxylic acids is 1. The van der Waals surface area contributed by atoms with Crippen LogP contribution >= 0.6 is 22.6 Å². The number of aliphatic hydroxyl groups excluding tert-OH is 1. The summed E-state index contributed by atoms with van der Waals surface area (Å²) in [4.78, 5) is 17.5. The first-order chi connectivity index (χ1) is 7.22. The molecule has 0 spiro atoms. The second-order valence-corrected chi connectivity index (χ2v) is 4.59. The Morgan fingerprint density at radius 2 is 2.47 bits per heavy atom. The van der Waals surface area contributed by atoms with Crippen molar-refractivity contribution < 1.29 is 9.90 Å². The molecule has 0 bridgehead atoms. The third kappa shape index (κ3) is 2.12. The Balaban J connectivity index is 2.25. The van der Waals surface area contributed by atoms with Crippen LogP contribution in [0.4, 0.5) is 5.69 Å². The van der Waals surface area contributed by atoms with Crippen molar-refractivity contribution in [1.29, 1.82) is 0 Å². The molecule has 5 heteroatoms. The molecule has 1 fully saturated rings. The first-order valence-electron chi connectivity index (χ1n) is 4.74. The highest BCUT2D eigenvalue weighted by atomic mass is 127. The minimum absolute atomic E-state index is 0.0634. The van der Waals surface area contributed by atoms with Crippen LogP contribution in [0.2, 0.25) is 0 Å². The van der Waals surface area contributed by atoms with Gasteiger partial charge in [0, 0.05) is 31.7 Å². The molecule has 1 aliphatic rings. The smallest absolute Gasteiger partial charge is 0.227 e. The lowest BCUT2D eigenvalue weighted by Gasteiger charge is -2.17. The molecule has 1 amide bonds. The number of rotatable bonds is 2. The summed E-state index contributed by atoms with van der Waals surface area (Å²) in [6.45, 7) is 0.663. The molecular weight excluding hydrogens is 307 g/mol. The van der Waals surface area contributed by atoms with Crippen LogP contribution in [0, 0.1) is 9.62 Å². The highest BCUT2D eigenvalue weighted by Gasteiger charge is 2.31. The third-order valence-corrected chi connectivity index (χ3v) is 3.32. The summed E-state index contributed by atoms with van der Waals surface area (Å²) in [6.07, 6.45) is 2.14. The van der Waals surface area contributed by atoms with E-state index >= 15 is 0 Å². The molecule has 2 rings (SSSR count). The number of pyridine rings is 1. The van der Waals surface area contributed by atoms with Crippen LogP contribution in [0.1, 0.15) is 6.42 Å². The summed E-state index contributed by atoms with van der Waals surface area (Å²) >= 11 is 2.11. The van der Waals surface area contributed by atoms with Crippen LogP contribution in [-0.4, -0.2) is 29.1 Å². The molecule has 1 unspecified atom stereocenters. The maximum Gasteiger partial charge on any atom is 0.227 e. The molecular formula is C10H11IN2O2. The van der Waals surface area contributed by atoms with Gasteiger partial charge in [0.05, 0.1) is 5.69 Å². The van der Waals surface area contributed by atoms with Crippen LogP contribution in [0.5, 0.6) is 0 Å². The van der Waals surface area contributed by atoms with Crippen LogP contribution in [0.25, 0.3) is 0 Å². The molecule has 1 N–H and O–H groups in total. The number of aromatic nitrogens is 1. The van der Waals surface area contributed by atoms with Gasteiger partial charge in [0.1, 0.15) is 3.70 Å². The number of carbonyl (C=O) groups is 1. The predicted octanol–water partition coefficient (Wildman–Crippen LogP) is 1.03. The first-order valence-corrected chi connectivity index (χ1v) is 5.82. The fourth-order valence-corrected chi connectivity index (χ4v) is 2.35. The monoisotopic (exact) mass is 318 g/mol. The zero-order valence-corrected chi connectivity index (χ0v) is 10.2. The van der Waals surface area contributed by atoms with E-state index in [0.29, 0.717) is 13.0 Å². The molecule has 4 nitrogen and oxygen atoms in total. The normalized spacial score (nSPS) is 21.1. The number of hydrogen-bond acceptors (Lipinski definition) is 3. The Hall–Kier alpha value is -0.690. The Kier molecular flexibility index (Phi) is 3.20. The summed E-state index contributed by atoms with van der Waals surface area (Å²) in [5, 5.41) is 9.02. The minimum Gasteiger partial charge on any atom is -0.396 e. The topological polar surface area (TPSA) is 53.4 Å². The van der Waals surface area contributed by atoms with Gasteiger partial charge in [-0.2, -0.15) is 0 Å². The van der Waals surface area contributed by atoms with Gasteiger partial charge in [0.15, 0.2) is 0 Å². The summed E-state index contributed by atoms with van der Waals surface area (Å²) in [6, 6.07) is 3.70. The van der Waals surface area contributed by atoms with Crippen molar-refractivity contribution in [1.82, 2.24) is 4.98 Å². The van der Waals surface area contributed by atoms with Crippen LogP contribution in [0.3, 0.4) is 0 Å². The number of aliphatic hydroxyl groups is 1. The molecule has 0 aromatic carbocycles. The highest BCUT2D eigenvalue weighted by Crippen LogP contribution is 2.27. The summed E-state index contributed by atoms with van der Waals surface area (Å²) < 4.78 is 0.821. The van der Waals surface area contributed by atoms with Crippen molar-refractivity contribution in [3.8, 4) is 0 Å². The van der Waals surface area contributed by atoms with Gasteiger partial charge in [0.2, 0.25) is 5.91 Å². The van der Waals surface area contributed by atoms with E-state index < -0.39 is 0 Å². The molecule has 2 heterocycles. The zero-order valence-electron chi connectivity index (χ0n) is 8.06. The van der Waals surface area contributed by atoms with E-state index in [4.69, 9.17) is 5.11 Å². The van der Waals surface area contributed by atoms with Gasteiger partial charge < -0.3 is 10.0 Å². The Labute approximate surface area is 101 Å². The van der Waals surface area contributed by atoms with Crippen LogP contribution < -0.4 is 4.90 Å². The van der Waals surface area contributed by atoms with Crippen LogP contribution in [0.15, 0.2) is 18.3 Å². The predicted molar refractivity (Wildman–Crippen MR) is 64.5 cm³/mol. The standard InChI is InChI=1S/C10H11IN2O2/c11-10-8(2-1-3-12-10)13-5-7(6-14)4-9(13)15/h1-3,7,14H,4-6H2. The molecule has 1 atom stereocenters. The molecule has 0 radical (unpaired) electrons. The van der Waals surface area contributed by atoms with E-state index in [1.54, 1.807) is 11.1 Å². The van der Waals surface area contributed by atoms with E-state index in [2.05, 4.69) is 27.6 Å². The first kappa shape index (κ1) is 10.8. The van der Waals surface area contributed by atoms with Crippen molar-refractivity contribution in [2.75, 3.05) is 18.1 Å². The quantitative estimate of drug-likeness (QED) is 0.655. The lowest BCUT2D eigenvalue weighted by atomic mass is 10.1. The van der Waals surface area contributed by atoms with Gasteiger partial charge in [-0.1, -0.05) is 0 Å². The van der Waals surface area contributed by atoms with Crippen molar-refractivity contribution >= 4 is 34.2 Å². The molecule has 80 valence electrons. The average Bonchev–Trinajstić information content (AvgIpc) is 2.60. The fraction of sp³-hybridized carbons (Fsp3) is 0.400. The number of nitrogens with zero attached hydrogens (tertiary/aromatic N) is 2. The molecule has 1 saturated heterocycles. The van der Waals surface area contributed by atoms with Gasteiger partial charge in [-0.15, -0.1) is 0 Å². The fourth-order valence-electron chi connectivity index (χ4n) is 1.72. The molecule has 15 heavy (non-hydrogen) atoms. The van der Waals surface area contributed by atoms with E-state index in [-0.39, 0.29) is 18.4 Å². The zero-order chi connectivity index (χ0) is 10.8. The lowest BCUT2D eigenvalue weighted by molar-refractivity contribution is -0.117. The van der Waals surface area contributed by atoms with E-state index in [1.807, 2.05) is 12.1 Å². The Morgan fingerprint density at radius 3 is 3.07 bits per heavy atom. The number of anilines is 1. The minimum atomic E-state index is 0.0634. The highest BCUT2D eigenvalue weighted by molar-refractivity contribution is 14.1. The molecule has 1 aromatic rings. The van der Waals surface area contributed by atoms with Crippen molar-refractivity contribution in [3.05, 3.63) is 22.0 Å². The third-order valence-electron chi connectivity index (χ3n) is 2.49. The summed E-state index contributed by atoms with van der Waals surface area (Å²) in [5.74, 6) is 0.133. The second kappa shape index (κ2) is 4.44. The van der Waals surface area contributed by atoms with E-state index in [0.717, 1.165) is 9.39 Å². The van der Waals surface area contributed by atoms with Gasteiger partial charge >= 0.3 is 0 Å². The number of hydrogen-bond donors (Lipinski definition) is 1. The molecule has 1 aliphatic heterocycles. The SMILES string of the molecule is O=C1CC(CO)CN1c1cccnc1I. The number of amides is 1. The molecule has 1 aromatic heterocycles. The van der Waals surface area contributed by atoms with Crippen molar-refractivity contribution in [2.24, 2.45) is 5.92 Å². The second-order valence-electron chi connectivity index (χ2n) is 3.57. The van der Waals surface area contributed by atoms with Gasteiger partial charge in [-0.25, -0.2) is 4.98 Å². The summed E-state index contributed by atoms with van der Waals surface area (Å²) in [5.41, 5.74) is 0.846. The van der Waals surface area contributed by atoms with Crippen molar-refractivity contribution in [2.45, 2.75) is 6.42 Å². The van der Waals surface area contributed by atoms with E-state index in [9.17, 15) is 4.79 Å². The van der Waals surface area contributed by atoms with E-state index in [1.165, 1.54) is 0 Å². The largest absolute Gasteiger partial charge is 0.396 e. The van der Waals surface area contributed by atoms with Gasteiger partial charge in [-0.05, 0) is 34.7 Å². The van der Waals surface area contributed by atoms with Crippen molar-refractivity contribution in [3.63, 3.8) is 0 Å². The maximum atomic E-state index is 11.7. The maximum absolute atomic E-state index is 11.7. The Bertz CT molecular complexity index is 383. The Morgan fingerprint density at radius 1 is 1.67 bits per heavy atom. The summed E-state index contributed by atoms with van der Waals surface area (Å²) in [7, 11) is 0. The van der Waals surface area contributed by atoms with Gasteiger partial charge in [0.25, 0.3) is 0 Å². The number of halogens is 1. The van der Waals surface area contributed by atoms with Gasteiger partial charge in [-0.3, -0.25) is 4.79 Å². The molecule has 0 aliphatic carbocycles. The molecule has 0 saturated carbocycles.